The van der Waals surface area contributed by atoms with Gasteiger partial charge >= 0.3 is 0 Å². The van der Waals surface area contributed by atoms with Crippen molar-refractivity contribution in [2.45, 2.75) is 0 Å². The summed E-state index contributed by atoms with van der Waals surface area (Å²) in [5, 5.41) is 0. The molecule has 30 heavy (non-hydrogen) atoms. The molecule has 0 unspecified atom stereocenters. The SMILES string of the molecule is O=C(c1ccc(N2CCN(C(=O)c3ccc(F)cc3)CC2)cc1)c1cccc(F)c1. The average Bonchev–Trinajstić information content (AvgIpc) is 2.79. The lowest BCUT2D eigenvalue weighted by atomic mass is 10.0. The van der Waals surface area contributed by atoms with Crippen LogP contribution in [0.3, 0.4) is 0 Å². The van der Waals surface area contributed by atoms with Gasteiger partial charge in [0.25, 0.3) is 5.91 Å². The number of rotatable bonds is 4. The first kappa shape index (κ1) is 19.8. The van der Waals surface area contributed by atoms with Gasteiger partial charge in [-0.05, 0) is 60.7 Å². The van der Waals surface area contributed by atoms with E-state index in [1.54, 1.807) is 23.1 Å². The molecular formula is C24H20F2N2O2. The van der Waals surface area contributed by atoms with E-state index in [0.717, 1.165) is 5.69 Å². The number of halogens is 2. The van der Waals surface area contributed by atoms with E-state index in [0.29, 0.717) is 42.9 Å². The van der Waals surface area contributed by atoms with Crippen molar-refractivity contribution in [3.8, 4) is 0 Å². The van der Waals surface area contributed by atoms with Crippen LogP contribution >= 0.6 is 0 Å². The van der Waals surface area contributed by atoms with Crippen LogP contribution in [0.2, 0.25) is 0 Å². The van der Waals surface area contributed by atoms with Crippen molar-refractivity contribution in [3.63, 3.8) is 0 Å². The van der Waals surface area contributed by atoms with E-state index in [4.69, 9.17) is 0 Å². The largest absolute Gasteiger partial charge is 0.368 e. The predicted molar refractivity (Wildman–Crippen MR) is 111 cm³/mol. The van der Waals surface area contributed by atoms with Crippen molar-refractivity contribution in [1.82, 2.24) is 4.90 Å². The van der Waals surface area contributed by atoms with E-state index in [1.165, 1.54) is 42.5 Å². The monoisotopic (exact) mass is 406 g/mol. The first-order chi connectivity index (χ1) is 14.5. The zero-order valence-electron chi connectivity index (χ0n) is 16.2. The normalized spacial score (nSPS) is 13.9. The first-order valence-electron chi connectivity index (χ1n) is 9.71. The fourth-order valence-electron chi connectivity index (χ4n) is 3.56. The number of hydrogen-bond acceptors (Lipinski definition) is 3. The Morgan fingerprint density at radius 3 is 1.93 bits per heavy atom. The van der Waals surface area contributed by atoms with Crippen molar-refractivity contribution >= 4 is 17.4 Å². The van der Waals surface area contributed by atoms with Crippen LogP contribution < -0.4 is 4.90 Å². The minimum absolute atomic E-state index is 0.106. The van der Waals surface area contributed by atoms with Crippen molar-refractivity contribution < 1.29 is 18.4 Å². The fraction of sp³-hybridized carbons (Fsp3) is 0.167. The van der Waals surface area contributed by atoms with Gasteiger partial charge in [-0.15, -0.1) is 0 Å². The molecule has 4 rings (SSSR count). The van der Waals surface area contributed by atoms with Gasteiger partial charge in [-0.3, -0.25) is 9.59 Å². The maximum atomic E-state index is 13.4. The number of benzene rings is 3. The number of carbonyl (C=O) groups is 2. The predicted octanol–water partition coefficient (Wildman–Crippen LogP) is 4.16. The average molecular weight is 406 g/mol. The Kier molecular flexibility index (Phi) is 5.57. The highest BCUT2D eigenvalue weighted by Gasteiger charge is 2.22. The smallest absolute Gasteiger partial charge is 0.253 e. The zero-order valence-corrected chi connectivity index (χ0v) is 16.2. The molecule has 1 fully saturated rings. The molecule has 152 valence electrons. The second-order valence-electron chi connectivity index (χ2n) is 7.17. The molecule has 0 saturated carbocycles. The van der Waals surface area contributed by atoms with Gasteiger partial charge in [0.1, 0.15) is 11.6 Å². The molecule has 3 aromatic carbocycles. The van der Waals surface area contributed by atoms with Crippen LogP contribution in [0.15, 0.2) is 72.8 Å². The number of ketones is 1. The second kappa shape index (κ2) is 8.45. The van der Waals surface area contributed by atoms with Crippen molar-refractivity contribution in [1.29, 1.82) is 0 Å². The Bertz CT molecular complexity index is 1060. The molecule has 0 radical (unpaired) electrons. The van der Waals surface area contributed by atoms with E-state index in [1.807, 2.05) is 12.1 Å². The first-order valence-corrected chi connectivity index (χ1v) is 9.71. The maximum Gasteiger partial charge on any atom is 0.253 e. The third-order valence-electron chi connectivity index (χ3n) is 5.24. The third kappa shape index (κ3) is 4.22. The molecule has 1 heterocycles. The number of carbonyl (C=O) groups excluding carboxylic acids is 2. The van der Waals surface area contributed by atoms with E-state index in [-0.39, 0.29) is 17.5 Å². The minimum Gasteiger partial charge on any atom is -0.368 e. The topological polar surface area (TPSA) is 40.6 Å². The summed E-state index contributed by atoms with van der Waals surface area (Å²) < 4.78 is 26.4. The fourth-order valence-corrected chi connectivity index (χ4v) is 3.56. The molecule has 3 aromatic rings. The molecule has 1 amide bonds. The standard InChI is InChI=1S/C24H20F2N2O2/c25-20-8-4-18(5-9-20)24(30)28-14-12-27(13-15-28)22-10-6-17(7-11-22)23(29)19-2-1-3-21(26)16-19/h1-11,16H,12-15H2. The molecule has 4 nitrogen and oxygen atoms in total. The van der Waals surface area contributed by atoms with Gasteiger partial charge in [-0.25, -0.2) is 8.78 Å². The Balaban J connectivity index is 1.38. The van der Waals surface area contributed by atoms with Crippen molar-refractivity contribution in [2.24, 2.45) is 0 Å². The zero-order chi connectivity index (χ0) is 21.1. The lowest BCUT2D eigenvalue weighted by molar-refractivity contribution is 0.0746. The minimum atomic E-state index is -0.439. The molecule has 0 N–H and O–H groups in total. The summed E-state index contributed by atoms with van der Waals surface area (Å²) in [7, 11) is 0. The Labute approximate surface area is 173 Å². The van der Waals surface area contributed by atoms with E-state index in [9.17, 15) is 18.4 Å². The number of anilines is 1. The molecule has 0 aromatic heterocycles. The highest BCUT2D eigenvalue weighted by atomic mass is 19.1. The van der Waals surface area contributed by atoms with E-state index in [2.05, 4.69) is 4.90 Å². The number of hydrogen-bond donors (Lipinski definition) is 0. The molecule has 1 saturated heterocycles. The number of nitrogens with zero attached hydrogens (tertiary/aromatic N) is 2. The summed E-state index contributed by atoms with van der Waals surface area (Å²) in [4.78, 5) is 29.0. The summed E-state index contributed by atoms with van der Waals surface area (Å²) in [5.41, 5.74) is 2.25. The van der Waals surface area contributed by atoms with Gasteiger partial charge in [0, 0.05) is 48.6 Å². The van der Waals surface area contributed by atoms with Gasteiger partial charge in [-0.1, -0.05) is 12.1 Å². The number of piperazine rings is 1. The lowest BCUT2D eigenvalue weighted by Gasteiger charge is -2.36. The highest BCUT2D eigenvalue weighted by Crippen LogP contribution is 2.20. The van der Waals surface area contributed by atoms with E-state index < -0.39 is 5.82 Å². The maximum absolute atomic E-state index is 13.4. The second-order valence-corrected chi connectivity index (χ2v) is 7.17. The van der Waals surface area contributed by atoms with Gasteiger partial charge < -0.3 is 9.80 Å². The van der Waals surface area contributed by atoms with Gasteiger partial charge in [0.05, 0.1) is 0 Å². The van der Waals surface area contributed by atoms with Gasteiger partial charge in [0.2, 0.25) is 0 Å². The van der Waals surface area contributed by atoms with Crippen LogP contribution in [0.5, 0.6) is 0 Å². The van der Waals surface area contributed by atoms with Crippen LogP contribution in [-0.4, -0.2) is 42.8 Å². The Hall–Kier alpha value is -3.54. The molecular weight excluding hydrogens is 386 g/mol. The molecule has 6 heteroatoms. The Morgan fingerprint density at radius 1 is 0.667 bits per heavy atom. The van der Waals surface area contributed by atoms with Crippen LogP contribution in [-0.2, 0) is 0 Å². The molecule has 1 aliphatic rings. The lowest BCUT2D eigenvalue weighted by Crippen LogP contribution is -2.48. The summed E-state index contributed by atoms with van der Waals surface area (Å²) in [6.07, 6.45) is 0. The number of amides is 1. The van der Waals surface area contributed by atoms with Crippen LogP contribution in [0.1, 0.15) is 26.3 Å². The molecule has 1 aliphatic heterocycles. The molecule has 0 bridgehead atoms. The summed E-state index contributed by atoms with van der Waals surface area (Å²) in [6, 6.07) is 18.4. The molecule has 0 aliphatic carbocycles. The highest BCUT2D eigenvalue weighted by molar-refractivity contribution is 6.09. The summed E-state index contributed by atoms with van der Waals surface area (Å²) in [5.74, 6) is -1.14. The van der Waals surface area contributed by atoms with Gasteiger partial charge in [-0.2, -0.15) is 0 Å². The molecule has 0 spiro atoms. The quantitative estimate of drug-likeness (QED) is 0.611. The van der Waals surface area contributed by atoms with Crippen LogP contribution in [0.25, 0.3) is 0 Å². The van der Waals surface area contributed by atoms with E-state index >= 15 is 0 Å². The molecule has 0 atom stereocenters. The summed E-state index contributed by atoms with van der Waals surface area (Å²) in [6.45, 7) is 2.43. The summed E-state index contributed by atoms with van der Waals surface area (Å²) >= 11 is 0. The van der Waals surface area contributed by atoms with Crippen LogP contribution in [0.4, 0.5) is 14.5 Å². The van der Waals surface area contributed by atoms with Crippen molar-refractivity contribution in [3.05, 3.63) is 101 Å². The van der Waals surface area contributed by atoms with Gasteiger partial charge in [0.15, 0.2) is 5.78 Å². The third-order valence-corrected chi connectivity index (χ3v) is 5.24. The Morgan fingerprint density at radius 2 is 1.30 bits per heavy atom. The van der Waals surface area contributed by atoms with Crippen LogP contribution in [0, 0.1) is 11.6 Å². The van der Waals surface area contributed by atoms with Crippen molar-refractivity contribution in [2.75, 3.05) is 31.1 Å².